The highest BCUT2D eigenvalue weighted by atomic mass is 32.1. The first kappa shape index (κ1) is 17.7. The number of carbonyl (C=O) groups excluding carboxylic acids is 2. The molecule has 1 aromatic rings. The van der Waals surface area contributed by atoms with Crippen LogP contribution in [0.1, 0.15) is 61.3 Å². The highest BCUT2D eigenvalue weighted by Gasteiger charge is 2.29. The molecule has 0 aliphatic heterocycles. The lowest BCUT2D eigenvalue weighted by atomic mass is 9.85. The highest BCUT2D eigenvalue weighted by molar-refractivity contribution is 7.17. The number of hydrogen-bond donors (Lipinski definition) is 1. The lowest BCUT2D eigenvalue weighted by molar-refractivity contribution is -0.111. The molecule has 4 nitrogen and oxygen atoms in total. The molecular weight excluding hydrogens is 310 g/mol. The van der Waals surface area contributed by atoms with Crippen LogP contribution in [0.2, 0.25) is 0 Å². The van der Waals surface area contributed by atoms with Crippen molar-refractivity contribution in [3.8, 4) is 0 Å². The van der Waals surface area contributed by atoms with Gasteiger partial charge in [0, 0.05) is 11.0 Å². The third-order valence-corrected chi connectivity index (χ3v) is 5.25. The molecule has 0 saturated carbocycles. The second-order valence-corrected chi connectivity index (χ2v) is 7.26. The number of fused-ring (bicyclic) bond motifs is 1. The third-order valence-electron chi connectivity index (χ3n) is 4.08. The molecular formula is C18H25NO3S. The van der Waals surface area contributed by atoms with E-state index >= 15 is 0 Å². The summed E-state index contributed by atoms with van der Waals surface area (Å²) in [6, 6.07) is 0. The molecule has 1 aliphatic rings. The molecule has 126 valence electrons. The van der Waals surface area contributed by atoms with Gasteiger partial charge < -0.3 is 10.1 Å². The van der Waals surface area contributed by atoms with Crippen LogP contribution in [0.3, 0.4) is 0 Å². The minimum Gasteiger partial charge on any atom is -0.462 e. The maximum atomic E-state index is 12.4. The van der Waals surface area contributed by atoms with E-state index in [0.29, 0.717) is 23.1 Å². The molecule has 1 aromatic heterocycles. The number of ether oxygens (including phenoxy) is 1. The number of esters is 1. The van der Waals surface area contributed by atoms with E-state index in [1.54, 1.807) is 13.0 Å². The van der Waals surface area contributed by atoms with Crippen molar-refractivity contribution >= 4 is 28.2 Å². The van der Waals surface area contributed by atoms with Gasteiger partial charge in [0.15, 0.2) is 0 Å². The molecule has 0 saturated heterocycles. The zero-order chi connectivity index (χ0) is 17.0. The van der Waals surface area contributed by atoms with E-state index in [9.17, 15) is 9.59 Å². The molecule has 0 radical (unpaired) electrons. The summed E-state index contributed by atoms with van der Waals surface area (Å²) < 4.78 is 5.21. The summed E-state index contributed by atoms with van der Waals surface area (Å²) in [5.41, 5.74) is 2.56. The van der Waals surface area contributed by atoms with E-state index in [-0.39, 0.29) is 11.9 Å². The van der Waals surface area contributed by atoms with E-state index in [0.717, 1.165) is 36.8 Å². The topological polar surface area (TPSA) is 55.4 Å². The van der Waals surface area contributed by atoms with Gasteiger partial charge in [-0.25, -0.2) is 4.79 Å². The molecule has 1 N–H and O–H groups in total. The Morgan fingerprint density at radius 1 is 1.35 bits per heavy atom. The predicted molar refractivity (Wildman–Crippen MR) is 94.1 cm³/mol. The molecule has 5 heteroatoms. The SMILES string of the molecule is CCOC(=O)c1c(NC(=O)C=C(C)C)sc2c1CC[C@H](CC)C2. The van der Waals surface area contributed by atoms with Crippen molar-refractivity contribution in [1.29, 1.82) is 0 Å². The standard InChI is InChI=1S/C18H25NO3S/c1-5-12-7-8-13-14(10-12)23-17(16(13)18(21)22-6-2)19-15(20)9-11(3)4/h9,12H,5-8,10H2,1-4H3,(H,19,20)/t12-/m0/s1. The molecule has 0 fully saturated rings. The summed E-state index contributed by atoms with van der Waals surface area (Å²) >= 11 is 1.53. The van der Waals surface area contributed by atoms with Crippen LogP contribution in [0.25, 0.3) is 0 Å². The van der Waals surface area contributed by atoms with Crippen LogP contribution in [0.15, 0.2) is 11.6 Å². The van der Waals surface area contributed by atoms with Gasteiger partial charge in [0.05, 0.1) is 12.2 Å². The van der Waals surface area contributed by atoms with Gasteiger partial charge in [-0.05, 0) is 51.5 Å². The second-order valence-electron chi connectivity index (χ2n) is 6.16. The van der Waals surface area contributed by atoms with Crippen LogP contribution in [-0.2, 0) is 22.4 Å². The number of anilines is 1. The average molecular weight is 335 g/mol. The second kappa shape index (κ2) is 7.77. The maximum Gasteiger partial charge on any atom is 0.341 e. The normalized spacial score (nSPS) is 16.4. The van der Waals surface area contributed by atoms with Crippen LogP contribution < -0.4 is 5.32 Å². The first-order valence-electron chi connectivity index (χ1n) is 8.23. The summed E-state index contributed by atoms with van der Waals surface area (Å²) in [6.07, 6.45) is 5.65. The van der Waals surface area contributed by atoms with Crippen molar-refractivity contribution in [2.45, 2.75) is 53.4 Å². The van der Waals surface area contributed by atoms with Gasteiger partial charge in [-0.3, -0.25) is 4.79 Å². The lowest BCUT2D eigenvalue weighted by Crippen LogP contribution is -2.16. The Hall–Kier alpha value is -1.62. The van der Waals surface area contributed by atoms with E-state index in [1.807, 2.05) is 13.8 Å². The summed E-state index contributed by atoms with van der Waals surface area (Å²) in [5.74, 6) is 0.145. The largest absolute Gasteiger partial charge is 0.462 e. The van der Waals surface area contributed by atoms with Crippen molar-refractivity contribution in [3.63, 3.8) is 0 Å². The number of carbonyl (C=O) groups is 2. The quantitative estimate of drug-likeness (QED) is 0.643. The first-order valence-corrected chi connectivity index (χ1v) is 9.05. The first-order chi connectivity index (χ1) is 11.0. The number of thiophene rings is 1. The number of nitrogens with one attached hydrogen (secondary N) is 1. The summed E-state index contributed by atoms with van der Waals surface area (Å²) in [5, 5.41) is 3.51. The van der Waals surface area contributed by atoms with Crippen molar-refractivity contribution in [3.05, 3.63) is 27.7 Å². The zero-order valence-electron chi connectivity index (χ0n) is 14.3. The fraction of sp³-hybridized carbons (Fsp3) is 0.556. The molecule has 1 heterocycles. The number of amides is 1. The Balaban J connectivity index is 2.36. The van der Waals surface area contributed by atoms with Crippen LogP contribution in [0.5, 0.6) is 0 Å². The molecule has 1 amide bonds. The van der Waals surface area contributed by atoms with Gasteiger partial charge in [-0.1, -0.05) is 18.9 Å². The molecule has 0 aromatic carbocycles. The number of hydrogen-bond acceptors (Lipinski definition) is 4. The van der Waals surface area contributed by atoms with Crippen molar-refractivity contribution in [1.82, 2.24) is 0 Å². The third kappa shape index (κ3) is 4.22. The predicted octanol–water partition coefficient (Wildman–Crippen LogP) is 4.34. The molecule has 2 rings (SSSR count). The van der Waals surface area contributed by atoms with Crippen molar-refractivity contribution < 1.29 is 14.3 Å². The van der Waals surface area contributed by atoms with Crippen molar-refractivity contribution in [2.75, 3.05) is 11.9 Å². The monoisotopic (exact) mass is 335 g/mol. The fourth-order valence-corrected chi connectivity index (χ4v) is 4.27. The van der Waals surface area contributed by atoms with Crippen LogP contribution >= 0.6 is 11.3 Å². The summed E-state index contributed by atoms with van der Waals surface area (Å²) in [4.78, 5) is 25.6. The molecule has 1 aliphatic carbocycles. The number of allylic oxidation sites excluding steroid dienone is 1. The smallest absolute Gasteiger partial charge is 0.341 e. The maximum absolute atomic E-state index is 12.4. The molecule has 0 unspecified atom stereocenters. The lowest BCUT2D eigenvalue weighted by Gasteiger charge is -2.20. The zero-order valence-corrected chi connectivity index (χ0v) is 15.1. The minimum atomic E-state index is -0.326. The van der Waals surface area contributed by atoms with Crippen LogP contribution in [0, 0.1) is 5.92 Å². The Labute approximate surface area is 141 Å². The van der Waals surface area contributed by atoms with E-state index in [4.69, 9.17) is 4.74 Å². The average Bonchev–Trinajstić information content (AvgIpc) is 2.82. The Kier molecular flexibility index (Phi) is 5.99. The van der Waals surface area contributed by atoms with Gasteiger partial charge in [-0.2, -0.15) is 0 Å². The number of rotatable bonds is 5. The van der Waals surface area contributed by atoms with Crippen LogP contribution in [-0.4, -0.2) is 18.5 Å². The van der Waals surface area contributed by atoms with Gasteiger partial charge in [0.1, 0.15) is 5.00 Å². The summed E-state index contributed by atoms with van der Waals surface area (Å²) in [6.45, 7) is 8.08. The van der Waals surface area contributed by atoms with E-state index in [2.05, 4.69) is 12.2 Å². The van der Waals surface area contributed by atoms with Gasteiger partial charge >= 0.3 is 5.97 Å². The summed E-state index contributed by atoms with van der Waals surface area (Å²) in [7, 11) is 0. The molecule has 0 spiro atoms. The van der Waals surface area contributed by atoms with Gasteiger partial charge in [0.2, 0.25) is 5.91 Å². The van der Waals surface area contributed by atoms with Gasteiger partial charge in [0.25, 0.3) is 0 Å². The minimum absolute atomic E-state index is 0.193. The molecule has 0 bridgehead atoms. The van der Waals surface area contributed by atoms with Gasteiger partial charge in [-0.15, -0.1) is 11.3 Å². The highest BCUT2D eigenvalue weighted by Crippen LogP contribution is 2.40. The molecule has 23 heavy (non-hydrogen) atoms. The van der Waals surface area contributed by atoms with Crippen molar-refractivity contribution in [2.24, 2.45) is 5.92 Å². The molecule has 1 atom stereocenters. The van der Waals surface area contributed by atoms with E-state index < -0.39 is 0 Å². The van der Waals surface area contributed by atoms with E-state index in [1.165, 1.54) is 16.2 Å². The fourth-order valence-electron chi connectivity index (χ4n) is 2.92. The Morgan fingerprint density at radius 3 is 2.70 bits per heavy atom. The van der Waals surface area contributed by atoms with Crippen LogP contribution in [0.4, 0.5) is 5.00 Å². The Bertz CT molecular complexity index is 626. The Morgan fingerprint density at radius 2 is 2.09 bits per heavy atom.